The van der Waals surface area contributed by atoms with E-state index in [1.165, 1.54) is 69.8 Å². The summed E-state index contributed by atoms with van der Waals surface area (Å²) in [6.07, 6.45) is 31.1. The first kappa shape index (κ1) is 74.7. The first-order chi connectivity index (χ1) is 55.3. The van der Waals surface area contributed by atoms with Crippen LogP contribution in [0.5, 0.6) is 0 Å². The van der Waals surface area contributed by atoms with Gasteiger partial charge in [-0.15, -0.1) is 0 Å². The minimum absolute atomic E-state index is 0.637. The van der Waals surface area contributed by atoms with Crippen molar-refractivity contribution in [3.63, 3.8) is 0 Å². The number of hydrogen-bond donors (Lipinski definition) is 9. The molecule has 1 saturated heterocycles. The molecule has 0 aliphatic carbocycles. The first-order valence-electron chi connectivity index (χ1n) is 35.9. The summed E-state index contributed by atoms with van der Waals surface area (Å²) in [5.74, 6) is 2.79. The fourth-order valence-corrected chi connectivity index (χ4v) is 15.9. The molecule has 1 aliphatic rings. The van der Waals surface area contributed by atoms with E-state index in [4.69, 9.17) is 9.72 Å². The average Bonchev–Trinajstić information content (AvgIpc) is 1.66. The lowest BCUT2D eigenvalue weighted by molar-refractivity contribution is 0.0338. The molecule has 0 atom stereocenters. The molecule has 40 heteroatoms. The first-order valence-corrected chi connectivity index (χ1v) is 39.8. The molecule has 19 rings (SSSR count). The molecule has 1 aromatic carbocycles. The maximum Gasteiger partial charge on any atom is 0.189 e. The van der Waals surface area contributed by atoms with Gasteiger partial charge in [0.05, 0.1) is 125 Å². The highest BCUT2D eigenvalue weighted by Crippen LogP contribution is 2.35. The smallest absolute Gasteiger partial charge is 0.189 e. The van der Waals surface area contributed by atoms with E-state index < -0.39 is 0 Å². The molecule has 9 N–H and O–H groups in total. The number of aromatic amines is 5. The van der Waals surface area contributed by atoms with Crippen LogP contribution in [0.3, 0.4) is 0 Å². The van der Waals surface area contributed by atoms with E-state index in [0.717, 1.165) is 204 Å². The number of nitrogens with one attached hydrogen (secondary N) is 9. The monoisotopic (exact) mass is 1600 g/mol. The SMILES string of the molecule is CCN(CC)Cc1cc(Nc2nc(C)cn3c(-c4cn[nH]c4)cnc23)sn1.Cc1cc(Nc2nc(Sc3ncn[nH]3)cn3c(-c4cn[nH]c4)cnc23)sn1.Cc1cn2c(-c3cn[nH]c3)cnc2c(Nc2cc(CN(C)Cc3ccccc3)ns2)n1.Cc1cn2c(-c3cn[nH]c3)cnc2c(Nc2cc(CN3CCOCC3)ns2)n1. The van der Waals surface area contributed by atoms with Crippen molar-refractivity contribution < 1.29 is 4.74 Å². The molecule has 0 unspecified atom stereocenters. The normalized spacial score (nSPS) is 12.4. The molecule has 574 valence electrons. The Balaban J connectivity index is 0.000000114. The summed E-state index contributed by atoms with van der Waals surface area (Å²) < 4.78 is 31.6. The van der Waals surface area contributed by atoms with E-state index in [0.29, 0.717) is 22.4 Å². The highest BCUT2D eigenvalue weighted by Gasteiger charge is 2.22. The zero-order valence-corrected chi connectivity index (χ0v) is 66.3. The minimum Gasteiger partial charge on any atom is -0.379 e. The molecule has 113 heavy (non-hydrogen) atoms. The van der Waals surface area contributed by atoms with Crippen LogP contribution in [0, 0.1) is 27.7 Å². The summed E-state index contributed by atoms with van der Waals surface area (Å²) in [7, 11) is 2.10. The lowest BCUT2D eigenvalue weighted by Crippen LogP contribution is -2.35. The van der Waals surface area contributed by atoms with Crippen molar-refractivity contribution in [3.8, 4) is 45.0 Å². The Morgan fingerprint density at radius 1 is 0.460 bits per heavy atom. The van der Waals surface area contributed by atoms with Crippen molar-refractivity contribution in [1.82, 2.24) is 146 Å². The van der Waals surface area contributed by atoms with Gasteiger partial charge in [-0.05, 0) is 136 Å². The number of aryl methyl sites for hydroxylation is 4. The van der Waals surface area contributed by atoms with Crippen molar-refractivity contribution in [2.75, 3.05) is 67.7 Å². The number of anilines is 8. The molecule has 18 heterocycles. The van der Waals surface area contributed by atoms with E-state index in [-0.39, 0.29) is 0 Å². The van der Waals surface area contributed by atoms with Crippen molar-refractivity contribution in [1.29, 1.82) is 0 Å². The van der Waals surface area contributed by atoms with Crippen molar-refractivity contribution in [3.05, 3.63) is 205 Å². The number of H-pyrrole nitrogens is 5. The lowest BCUT2D eigenvalue weighted by Gasteiger charge is -2.25. The molecule has 0 amide bonds. The number of hydrogen-bond acceptors (Lipinski definition) is 31. The molecule has 1 aliphatic heterocycles. The van der Waals surface area contributed by atoms with Crippen LogP contribution >= 0.6 is 57.9 Å². The van der Waals surface area contributed by atoms with Gasteiger partial charge in [-0.1, -0.05) is 44.2 Å². The summed E-state index contributed by atoms with van der Waals surface area (Å²) in [4.78, 5) is 48.1. The largest absolute Gasteiger partial charge is 0.379 e. The topological polar surface area (TPSA) is 396 Å². The lowest BCUT2D eigenvalue weighted by atomic mass is 10.2. The van der Waals surface area contributed by atoms with Crippen LogP contribution in [0.1, 0.15) is 59.3 Å². The van der Waals surface area contributed by atoms with E-state index in [1.54, 1.807) is 31.0 Å². The standard InChI is InChI=1S/C22H22N8S.C18H20N8OS.C18H22N8S.C15H12N10S2/c1-15-12-30-19(17-9-24-25-10-17)11-23-22(30)21(26-15)27-20-8-18(28-31-20)14-29(2)13-16-6-4-3-5-7-16;1-12-10-26-15(13-7-20-21-8-13)9-19-18(26)17(22-12)23-16-6-14(24-28-16)11-25-2-4-27-5-3-25;1-4-25(5-2)11-14-6-16(27-24-14)23-17-18-19-9-15(13-7-20-21-8-13)26(18)10-12(3)22-17;1-8-2-11(27-24-8)21-13-14-16-5-10(9-3-18-19-4-9)25(14)6-12(22-13)26-15-17-7-20-23-15/h3-12H,13-14H2,1-2H3,(H,24,25)(H,26,27);6-10H,2-5,11H2,1H3,(H,20,21)(H,22,23);6-10H,4-5,11H2,1-3H3,(H,20,21)(H,22,23);2-7H,1H3,(H,18,19)(H,21,22)(H,17,20,23). The summed E-state index contributed by atoms with van der Waals surface area (Å²) in [5, 5.41) is 52.9. The molecule has 0 saturated carbocycles. The zero-order chi connectivity index (χ0) is 77.2. The third-order valence-electron chi connectivity index (χ3n) is 17.8. The Hall–Kier alpha value is -12.4. The van der Waals surface area contributed by atoms with Gasteiger partial charge in [-0.2, -0.15) is 43.0 Å². The third-order valence-corrected chi connectivity index (χ3v) is 21.7. The predicted octanol–water partition coefficient (Wildman–Crippen LogP) is 13.1. The number of fused-ring (bicyclic) bond motifs is 4. The van der Waals surface area contributed by atoms with Gasteiger partial charge in [0, 0.05) is 111 Å². The molecule has 18 aromatic rings. The van der Waals surface area contributed by atoms with Crippen LogP contribution in [-0.2, 0) is 30.9 Å². The number of nitrogens with zero attached hydrogens (tertiary/aromatic N) is 25. The van der Waals surface area contributed by atoms with Gasteiger partial charge >= 0.3 is 0 Å². The summed E-state index contributed by atoms with van der Waals surface area (Å²) in [6, 6.07) is 18.7. The van der Waals surface area contributed by atoms with E-state index in [1.807, 2.05) is 126 Å². The van der Waals surface area contributed by atoms with Crippen molar-refractivity contribution in [2.45, 2.75) is 77.9 Å². The van der Waals surface area contributed by atoms with Crippen LogP contribution in [0.2, 0.25) is 0 Å². The fraction of sp³-hybridized carbons (Fsp3) is 0.233. The molecular weight excluding hydrogens is 1530 g/mol. The molecule has 0 radical (unpaired) electrons. The Labute approximate surface area is 666 Å². The second-order valence-corrected chi connectivity index (χ2v) is 30.4. The molecule has 1 fully saturated rings. The number of aromatic nitrogens is 27. The van der Waals surface area contributed by atoms with Crippen LogP contribution in [0.4, 0.5) is 43.3 Å². The van der Waals surface area contributed by atoms with Gasteiger partial charge in [0.2, 0.25) is 0 Å². The number of morpholine rings is 1. The van der Waals surface area contributed by atoms with Gasteiger partial charge in [0.25, 0.3) is 0 Å². The van der Waals surface area contributed by atoms with Crippen LogP contribution in [0.25, 0.3) is 67.6 Å². The highest BCUT2D eigenvalue weighted by molar-refractivity contribution is 7.99. The maximum absolute atomic E-state index is 5.41. The quantitative estimate of drug-likeness (QED) is 0.0271. The van der Waals surface area contributed by atoms with E-state index in [2.05, 4.69) is 208 Å². The van der Waals surface area contributed by atoms with Crippen LogP contribution < -0.4 is 21.3 Å². The molecular formula is C73H76N34OS5. The Morgan fingerprint density at radius 2 is 0.885 bits per heavy atom. The molecule has 17 aromatic heterocycles. The molecule has 0 spiro atoms. The summed E-state index contributed by atoms with van der Waals surface area (Å²) in [6.45, 7) is 21.1. The van der Waals surface area contributed by atoms with Crippen LogP contribution in [0.15, 0.2) is 170 Å². The Morgan fingerprint density at radius 3 is 1.31 bits per heavy atom. The molecule has 35 nitrogen and oxygen atoms in total. The Bertz CT molecular complexity index is 6060. The van der Waals surface area contributed by atoms with E-state index >= 15 is 0 Å². The second kappa shape index (κ2) is 34.5. The average molecular weight is 1610 g/mol. The minimum atomic E-state index is 0.637. The zero-order valence-electron chi connectivity index (χ0n) is 62.2. The maximum atomic E-state index is 5.41. The number of imidazole rings is 4. The van der Waals surface area contributed by atoms with Gasteiger partial charge in [-0.3, -0.25) is 57.8 Å². The summed E-state index contributed by atoms with van der Waals surface area (Å²) in [5.41, 5.74) is 18.8. The summed E-state index contributed by atoms with van der Waals surface area (Å²) >= 11 is 7.08. The van der Waals surface area contributed by atoms with Gasteiger partial charge < -0.3 is 26.0 Å². The highest BCUT2D eigenvalue weighted by atomic mass is 32.2. The molecule has 0 bridgehead atoms. The second-order valence-electron chi connectivity index (χ2n) is 26.2. The van der Waals surface area contributed by atoms with Gasteiger partial charge in [0.15, 0.2) is 51.0 Å². The van der Waals surface area contributed by atoms with Crippen molar-refractivity contribution in [2.24, 2.45) is 0 Å². The van der Waals surface area contributed by atoms with Gasteiger partial charge in [-0.25, -0.2) is 44.9 Å². The third kappa shape index (κ3) is 17.8. The van der Waals surface area contributed by atoms with E-state index in [9.17, 15) is 0 Å². The van der Waals surface area contributed by atoms with Gasteiger partial charge in [0.1, 0.15) is 31.4 Å². The number of benzene rings is 1. The van der Waals surface area contributed by atoms with Crippen LogP contribution in [-0.4, -0.2) is 192 Å². The predicted molar refractivity (Wildman–Crippen MR) is 438 cm³/mol. The fourth-order valence-electron chi connectivity index (χ4n) is 12.6. The Kier molecular flexibility index (Phi) is 22.8. The van der Waals surface area contributed by atoms with Crippen molar-refractivity contribution >= 4 is 124 Å². The number of rotatable bonds is 24. The number of ether oxygens (including phenoxy) is 1.